The lowest BCUT2D eigenvalue weighted by atomic mass is 10.1. The molecule has 0 aliphatic carbocycles. The number of benzene rings is 3. The maximum Gasteiger partial charge on any atom is 0.252 e. The van der Waals surface area contributed by atoms with Crippen molar-refractivity contribution in [2.45, 2.75) is 20.4 Å². The number of hydrogen-bond donors (Lipinski definition) is 2. The lowest BCUT2D eigenvalue weighted by molar-refractivity contribution is 0.0944. The molecule has 3 heterocycles. The Morgan fingerprint density at radius 2 is 1.68 bits per heavy atom. The fraction of sp³-hybridized carbons (Fsp3) is 0.114. The van der Waals surface area contributed by atoms with Crippen molar-refractivity contribution in [2.24, 2.45) is 0 Å². The number of nitrogens with one attached hydrogen (secondary N) is 1. The molecule has 3 N–H and O–H groups in total. The van der Waals surface area contributed by atoms with E-state index in [1.807, 2.05) is 97.3 Å². The van der Waals surface area contributed by atoms with Gasteiger partial charge in [-0.3, -0.25) is 14.2 Å². The number of carbonyl (C=O) groups excluding carboxylic acids is 2. The summed E-state index contributed by atoms with van der Waals surface area (Å²) >= 11 is 0. The number of anilines is 1. The molecule has 1 amide bonds. The van der Waals surface area contributed by atoms with Gasteiger partial charge in [-0.1, -0.05) is 62.4 Å². The molecule has 0 fully saturated rings. The van der Waals surface area contributed by atoms with Crippen LogP contribution in [0, 0.1) is 0 Å². The Morgan fingerprint density at radius 3 is 2.39 bits per heavy atom. The average Bonchev–Trinajstić information content (AvgIpc) is 3.47. The fourth-order valence-electron chi connectivity index (χ4n) is 4.84. The van der Waals surface area contributed by atoms with Crippen molar-refractivity contribution in [1.29, 1.82) is 0 Å². The summed E-state index contributed by atoms with van der Waals surface area (Å²) in [6.45, 7) is 4.26. The third kappa shape index (κ3) is 5.89. The summed E-state index contributed by atoms with van der Waals surface area (Å²) < 4.78 is 7.18. The molecule has 0 saturated carbocycles. The molecule has 3 aromatic carbocycles. The molecule has 0 atom stereocenters. The zero-order valence-corrected chi connectivity index (χ0v) is 24.7. The number of nitrogens with zero attached hydrogens (tertiary/aromatic N) is 4. The number of pyridine rings is 2. The van der Waals surface area contributed by atoms with Crippen LogP contribution < -0.4 is 15.8 Å². The molecule has 44 heavy (non-hydrogen) atoms. The first kappa shape index (κ1) is 29.7. The van der Waals surface area contributed by atoms with E-state index >= 15 is 0 Å². The molecule has 0 radical (unpaired) electrons. The minimum atomic E-state index is -0.368. The summed E-state index contributed by atoms with van der Waals surface area (Å²) in [5.74, 6) is 0.967. The zero-order valence-electron chi connectivity index (χ0n) is 24.7. The third-order valence-corrected chi connectivity index (χ3v) is 6.95. The number of nitrogens with two attached hydrogens (primary N) is 1. The number of amides is 1. The molecule has 0 saturated heterocycles. The maximum absolute atomic E-state index is 12.9. The van der Waals surface area contributed by atoms with Gasteiger partial charge in [-0.15, -0.1) is 0 Å². The first-order valence-electron chi connectivity index (χ1n) is 14.2. The minimum absolute atomic E-state index is 0.212. The van der Waals surface area contributed by atoms with Crippen LogP contribution in [-0.4, -0.2) is 38.8 Å². The van der Waals surface area contributed by atoms with E-state index in [-0.39, 0.29) is 23.6 Å². The van der Waals surface area contributed by atoms with Gasteiger partial charge >= 0.3 is 0 Å². The van der Waals surface area contributed by atoms with Crippen molar-refractivity contribution in [3.63, 3.8) is 0 Å². The van der Waals surface area contributed by atoms with Crippen LogP contribution in [0.5, 0.6) is 5.75 Å². The van der Waals surface area contributed by atoms with Crippen LogP contribution in [0.3, 0.4) is 0 Å². The van der Waals surface area contributed by atoms with Crippen LogP contribution in [0.2, 0.25) is 0 Å². The number of methoxy groups -OCH3 is 1. The first-order valence-corrected chi connectivity index (χ1v) is 14.2. The Labute approximate surface area is 255 Å². The van der Waals surface area contributed by atoms with Gasteiger partial charge in [-0.25, -0.2) is 15.0 Å². The second kappa shape index (κ2) is 13.4. The molecule has 6 aromatic rings. The van der Waals surface area contributed by atoms with E-state index in [4.69, 9.17) is 20.4 Å². The molecule has 0 spiro atoms. The molecule has 9 nitrogen and oxygen atoms in total. The maximum atomic E-state index is 12.9. The first-order chi connectivity index (χ1) is 21.6. The number of nitrogen functional groups attached to an aromatic ring is 1. The normalized spacial score (nSPS) is 10.5. The summed E-state index contributed by atoms with van der Waals surface area (Å²) in [5.41, 5.74) is 12.3. The smallest absolute Gasteiger partial charge is 0.252 e. The van der Waals surface area contributed by atoms with E-state index < -0.39 is 0 Å². The highest BCUT2D eigenvalue weighted by Crippen LogP contribution is 2.31. The summed E-state index contributed by atoms with van der Waals surface area (Å²) in [6.07, 6.45) is 2.27. The molecule has 9 heteroatoms. The second-order valence-corrected chi connectivity index (χ2v) is 9.50. The Kier molecular flexibility index (Phi) is 9.05. The van der Waals surface area contributed by atoms with Crippen LogP contribution in [-0.2, 0) is 6.54 Å². The third-order valence-electron chi connectivity index (χ3n) is 6.95. The van der Waals surface area contributed by atoms with E-state index in [1.165, 1.54) is 7.11 Å². The highest BCUT2D eigenvalue weighted by atomic mass is 16.5. The molecular formula is C35H32N6O3. The SMILES string of the molecule is CC.COc1cccc(C(=O)NCc2ccc(-n3c(-c4cccnc4N)nc4ccc(-c5ccccc5)nc43)cc2)c1C=O. The van der Waals surface area contributed by atoms with Crippen LogP contribution in [0.15, 0.2) is 103 Å². The average molecular weight is 585 g/mol. The number of carbonyl (C=O) groups is 2. The predicted molar refractivity (Wildman–Crippen MR) is 173 cm³/mol. The van der Waals surface area contributed by atoms with Crippen molar-refractivity contribution in [3.8, 4) is 34.1 Å². The molecule has 3 aromatic heterocycles. The number of ether oxygens (including phenoxy) is 1. The van der Waals surface area contributed by atoms with Crippen molar-refractivity contribution in [3.05, 3.63) is 120 Å². The van der Waals surface area contributed by atoms with E-state index in [2.05, 4.69) is 10.3 Å². The number of hydrogen-bond acceptors (Lipinski definition) is 7. The van der Waals surface area contributed by atoms with Gasteiger partial charge in [0.05, 0.1) is 29.5 Å². The van der Waals surface area contributed by atoms with Gasteiger partial charge in [0.2, 0.25) is 0 Å². The van der Waals surface area contributed by atoms with Crippen LogP contribution in [0.25, 0.3) is 39.5 Å². The molecule has 0 bridgehead atoms. The Hall–Kier alpha value is -5.83. The van der Waals surface area contributed by atoms with E-state index in [9.17, 15) is 9.59 Å². The second-order valence-electron chi connectivity index (χ2n) is 9.50. The topological polar surface area (TPSA) is 125 Å². The van der Waals surface area contributed by atoms with Crippen LogP contribution >= 0.6 is 0 Å². The predicted octanol–water partition coefficient (Wildman–Crippen LogP) is 6.51. The molecular weight excluding hydrogens is 552 g/mol. The Morgan fingerprint density at radius 1 is 0.909 bits per heavy atom. The van der Waals surface area contributed by atoms with Gasteiger partial charge in [0.1, 0.15) is 17.1 Å². The largest absolute Gasteiger partial charge is 0.496 e. The fourth-order valence-corrected chi connectivity index (χ4v) is 4.84. The van der Waals surface area contributed by atoms with Gasteiger partial charge in [0, 0.05) is 24.0 Å². The molecule has 6 rings (SSSR count). The van der Waals surface area contributed by atoms with Crippen molar-refractivity contribution < 1.29 is 14.3 Å². The molecule has 0 unspecified atom stereocenters. The van der Waals surface area contributed by atoms with Crippen molar-refractivity contribution in [2.75, 3.05) is 12.8 Å². The number of rotatable bonds is 8. The van der Waals surface area contributed by atoms with E-state index in [0.717, 1.165) is 22.5 Å². The van der Waals surface area contributed by atoms with Crippen LogP contribution in [0.4, 0.5) is 5.82 Å². The van der Waals surface area contributed by atoms with Crippen molar-refractivity contribution >= 4 is 29.2 Å². The van der Waals surface area contributed by atoms with Gasteiger partial charge in [-0.05, 0) is 54.1 Å². The molecule has 220 valence electrons. The van der Waals surface area contributed by atoms with Gasteiger partial charge in [0.25, 0.3) is 5.91 Å². The van der Waals surface area contributed by atoms with Gasteiger partial charge < -0.3 is 15.8 Å². The van der Waals surface area contributed by atoms with Gasteiger partial charge in [0.15, 0.2) is 17.8 Å². The monoisotopic (exact) mass is 584 g/mol. The minimum Gasteiger partial charge on any atom is -0.496 e. The molecule has 0 aliphatic heterocycles. The quantitative estimate of drug-likeness (QED) is 0.195. The lowest BCUT2D eigenvalue weighted by Gasteiger charge is -2.12. The highest BCUT2D eigenvalue weighted by molar-refractivity contribution is 6.02. The number of imidazole rings is 1. The summed E-state index contributed by atoms with van der Waals surface area (Å²) in [7, 11) is 1.46. The number of aromatic nitrogens is 4. The van der Waals surface area contributed by atoms with Crippen molar-refractivity contribution in [1.82, 2.24) is 24.8 Å². The Bertz CT molecular complexity index is 1920. The lowest BCUT2D eigenvalue weighted by Crippen LogP contribution is -2.24. The van der Waals surface area contributed by atoms with E-state index in [1.54, 1.807) is 24.4 Å². The standard InChI is InChI=1S/C33H26N6O3.C2H6/c1-42-29-11-5-9-24(26(29)20-40)33(41)36-19-21-12-14-23(15-13-21)39-31(25-10-6-18-35-30(25)34)38-28-17-16-27(37-32(28)39)22-7-3-2-4-8-22;1-2/h2-18,20H,19H2,1H3,(H2,34,35)(H,36,41);1-2H3. The highest BCUT2D eigenvalue weighted by Gasteiger charge is 2.19. The number of aldehydes is 1. The van der Waals surface area contributed by atoms with E-state index in [0.29, 0.717) is 40.4 Å². The summed E-state index contributed by atoms with van der Waals surface area (Å²) in [4.78, 5) is 38.6. The van der Waals surface area contributed by atoms with Gasteiger partial charge in [-0.2, -0.15) is 0 Å². The molecule has 0 aliphatic rings. The Balaban J connectivity index is 0.00000188. The zero-order chi connectivity index (χ0) is 31.1. The summed E-state index contributed by atoms with van der Waals surface area (Å²) in [5, 5.41) is 2.89. The number of fused-ring (bicyclic) bond motifs is 1. The summed E-state index contributed by atoms with van der Waals surface area (Å²) in [6, 6.07) is 30.2. The van der Waals surface area contributed by atoms with Crippen LogP contribution in [0.1, 0.15) is 40.1 Å².